The molecule has 4 fully saturated rings. The molecule has 2 aliphatic carbocycles. The Kier molecular flexibility index (Phi) is 4.78. The van der Waals surface area contributed by atoms with Crippen LogP contribution in [0.25, 0.3) is 0 Å². The number of esters is 1. The molecule has 0 unspecified atom stereocenters. The standard InChI is InChI=1S/C24H33NO5/c1-14-6-5-9-23(2)11-19-20(21-24(14,23)30-21)16(22(26)29-19)13-25-12-15-7-8-17(27-3)18(10-15)28-4/h7-8,10,14,16,19-21,25H,5-6,9,11-13H2,1-4H3/t14-,16+,19-,20-,21+,23-,24+/m1/s1. The molecule has 1 spiro atoms. The number of hydrogen-bond acceptors (Lipinski definition) is 6. The molecule has 2 heterocycles. The Balaban J connectivity index is 1.27. The Hall–Kier alpha value is -1.79. The molecule has 0 bridgehead atoms. The zero-order chi connectivity index (χ0) is 21.1. The van der Waals surface area contributed by atoms with Crippen molar-refractivity contribution in [2.24, 2.45) is 23.2 Å². The van der Waals surface area contributed by atoms with Crippen LogP contribution in [0.1, 0.15) is 45.1 Å². The molecule has 2 aliphatic heterocycles. The first-order valence-electron chi connectivity index (χ1n) is 11.2. The highest BCUT2D eigenvalue weighted by Gasteiger charge is 2.78. The summed E-state index contributed by atoms with van der Waals surface area (Å²) < 4.78 is 23.1. The van der Waals surface area contributed by atoms with Crippen LogP contribution in [0.2, 0.25) is 0 Å². The molecule has 0 amide bonds. The van der Waals surface area contributed by atoms with Crippen molar-refractivity contribution >= 4 is 5.97 Å². The van der Waals surface area contributed by atoms with Gasteiger partial charge in [0.2, 0.25) is 0 Å². The summed E-state index contributed by atoms with van der Waals surface area (Å²) in [5, 5.41) is 3.47. The maximum atomic E-state index is 12.8. The normalized spacial score (nSPS) is 41.3. The van der Waals surface area contributed by atoms with Gasteiger partial charge >= 0.3 is 5.97 Å². The van der Waals surface area contributed by atoms with E-state index in [2.05, 4.69) is 19.2 Å². The minimum atomic E-state index is -0.141. The molecule has 1 aromatic rings. The lowest BCUT2D eigenvalue weighted by Crippen LogP contribution is -2.54. The fourth-order valence-electron chi connectivity index (χ4n) is 6.83. The summed E-state index contributed by atoms with van der Waals surface area (Å²) in [6.07, 6.45) is 4.75. The molecule has 164 valence electrons. The lowest BCUT2D eigenvalue weighted by molar-refractivity contribution is -0.146. The Morgan fingerprint density at radius 2 is 2.03 bits per heavy atom. The highest BCUT2D eigenvalue weighted by Crippen LogP contribution is 2.70. The van der Waals surface area contributed by atoms with Crippen LogP contribution in [0, 0.1) is 23.2 Å². The molecule has 0 aromatic heterocycles. The van der Waals surface area contributed by atoms with E-state index in [-0.39, 0.29) is 41.0 Å². The molecule has 2 saturated heterocycles. The molecule has 5 rings (SSSR count). The van der Waals surface area contributed by atoms with Crippen LogP contribution in [0.5, 0.6) is 11.5 Å². The topological polar surface area (TPSA) is 69.3 Å². The van der Waals surface area contributed by atoms with Crippen molar-refractivity contribution in [3.8, 4) is 11.5 Å². The summed E-state index contributed by atoms with van der Waals surface area (Å²) in [7, 11) is 3.27. The van der Waals surface area contributed by atoms with Crippen molar-refractivity contribution in [1.82, 2.24) is 5.32 Å². The average Bonchev–Trinajstić information content (AvgIpc) is 3.42. The summed E-state index contributed by atoms with van der Waals surface area (Å²) in [5.41, 5.74) is 1.19. The van der Waals surface area contributed by atoms with E-state index in [1.54, 1.807) is 14.2 Å². The third-order valence-corrected chi connectivity index (χ3v) is 8.34. The van der Waals surface area contributed by atoms with Crippen LogP contribution < -0.4 is 14.8 Å². The largest absolute Gasteiger partial charge is 0.493 e. The number of fused-ring (bicyclic) bond motifs is 2. The van der Waals surface area contributed by atoms with Gasteiger partial charge < -0.3 is 24.3 Å². The predicted octanol–water partition coefficient (Wildman–Crippen LogP) is 3.32. The van der Waals surface area contributed by atoms with E-state index in [1.165, 1.54) is 19.3 Å². The fourth-order valence-corrected chi connectivity index (χ4v) is 6.83. The number of benzene rings is 1. The van der Waals surface area contributed by atoms with Crippen LogP contribution >= 0.6 is 0 Å². The van der Waals surface area contributed by atoms with Gasteiger partial charge in [0.15, 0.2) is 11.5 Å². The van der Waals surface area contributed by atoms with Crippen LogP contribution in [0.3, 0.4) is 0 Å². The van der Waals surface area contributed by atoms with E-state index in [9.17, 15) is 4.79 Å². The Labute approximate surface area is 178 Å². The van der Waals surface area contributed by atoms with Gasteiger partial charge in [0.1, 0.15) is 11.7 Å². The van der Waals surface area contributed by atoms with E-state index < -0.39 is 0 Å². The predicted molar refractivity (Wildman–Crippen MR) is 111 cm³/mol. The summed E-state index contributed by atoms with van der Waals surface area (Å²) in [4.78, 5) is 12.8. The summed E-state index contributed by atoms with van der Waals surface area (Å²) >= 11 is 0. The van der Waals surface area contributed by atoms with Gasteiger partial charge in [-0.15, -0.1) is 0 Å². The second kappa shape index (κ2) is 7.13. The minimum absolute atomic E-state index is 0.00121. The van der Waals surface area contributed by atoms with Crippen molar-refractivity contribution in [2.45, 2.75) is 63.9 Å². The SMILES string of the molecule is COc1ccc(CNC[C@@H]2C(=O)O[C@@H]3C[C@@]4(C)CCC[C@@H](C)[C@@]45O[C@H]5[C@H]23)cc1OC. The number of nitrogens with one attached hydrogen (secondary N) is 1. The molecule has 7 atom stereocenters. The first-order valence-corrected chi connectivity index (χ1v) is 11.2. The minimum Gasteiger partial charge on any atom is -0.493 e. The fraction of sp³-hybridized carbons (Fsp3) is 0.708. The van der Waals surface area contributed by atoms with Gasteiger partial charge in [-0.2, -0.15) is 0 Å². The van der Waals surface area contributed by atoms with Crippen molar-refractivity contribution in [2.75, 3.05) is 20.8 Å². The number of rotatable bonds is 6. The molecule has 0 radical (unpaired) electrons. The van der Waals surface area contributed by atoms with E-state index in [0.717, 1.165) is 12.0 Å². The maximum Gasteiger partial charge on any atom is 0.311 e. The Morgan fingerprint density at radius 1 is 1.23 bits per heavy atom. The van der Waals surface area contributed by atoms with Gasteiger partial charge in [-0.3, -0.25) is 4.79 Å². The van der Waals surface area contributed by atoms with E-state index >= 15 is 0 Å². The Bertz CT molecular complexity index is 843. The molecule has 2 saturated carbocycles. The van der Waals surface area contributed by atoms with Crippen LogP contribution in [-0.2, 0) is 20.8 Å². The van der Waals surface area contributed by atoms with Gasteiger partial charge in [0.25, 0.3) is 0 Å². The summed E-state index contributed by atoms with van der Waals surface area (Å²) in [6, 6.07) is 5.89. The number of hydrogen-bond donors (Lipinski definition) is 1. The lowest BCUT2D eigenvalue weighted by atomic mass is 9.53. The summed E-state index contributed by atoms with van der Waals surface area (Å²) in [6.45, 7) is 5.96. The molecule has 6 nitrogen and oxygen atoms in total. The van der Waals surface area contributed by atoms with Crippen molar-refractivity contribution < 1.29 is 23.7 Å². The number of epoxide rings is 1. The third kappa shape index (κ3) is 2.79. The number of ether oxygens (including phenoxy) is 4. The third-order valence-electron chi connectivity index (χ3n) is 8.34. The van der Waals surface area contributed by atoms with Crippen LogP contribution in [-0.4, -0.2) is 44.5 Å². The number of carbonyl (C=O) groups is 1. The summed E-state index contributed by atoms with van der Waals surface area (Å²) in [5.74, 6) is 1.95. The number of carbonyl (C=O) groups excluding carboxylic acids is 1. The molecule has 30 heavy (non-hydrogen) atoms. The van der Waals surface area contributed by atoms with E-state index in [0.29, 0.717) is 30.5 Å². The van der Waals surface area contributed by atoms with Gasteiger partial charge in [0, 0.05) is 24.4 Å². The van der Waals surface area contributed by atoms with Crippen molar-refractivity contribution in [1.29, 1.82) is 0 Å². The van der Waals surface area contributed by atoms with Gasteiger partial charge in [-0.1, -0.05) is 26.3 Å². The van der Waals surface area contributed by atoms with Gasteiger partial charge in [-0.25, -0.2) is 0 Å². The highest BCUT2D eigenvalue weighted by atomic mass is 16.6. The maximum absolute atomic E-state index is 12.8. The highest BCUT2D eigenvalue weighted by molar-refractivity contribution is 5.76. The first-order chi connectivity index (χ1) is 14.4. The Morgan fingerprint density at radius 3 is 2.80 bits per heavy atom. The van der Waals surface area contributed by atoms with Gasteiger partial charge in [-0.05, 0) is 42.9 Å². The van der Waals surface area contributed by atoms with Crippen molar-refractivity contribution in [3.63, 3.8) is 0 Å². The second-order valence-electron chi connectivity index (χ2n) is 9.87. The molecule has 4 aliphatic rings. The number of methoxy groups -OCH3 is 2. The molecule has 6 heteroatoms. The smallest absolute Gasteiger partial charge is 0.311 e. The zero-order valence-electron chi connectivity index (χ0n) is 18.4. The van der Waals surface area contributed by atoms with Crippen molar-refractivity contribution in [3.05, 3.63) is 23.8 Å². The molecule has 1 aromatic carbocycles. The van der Waals surface area contributed by atoms with E-state index in [4.69, 9.17) is 18.9 Å². The van der Waals surface area contributed by atoms with E-state index in [1.807, 2.05) is 18.2 Å². The monoisotopic (exact) mass is 415 g/mol. The van der Waals surface area contributed by atoms with Gasteiger partial charge in [0.05, 0.1) is 26.2 Å². The lowest BCUT2D eigenvalue weighted by Gasteiger charge is -2.48. The zero-order valence-corrected chi connectivity index (χ0v) is 18.4. The first kappa shape index (κ1) is 20.1. The average molecular weight is 416 g/mol. The molecule has 1 N–H and O–H groups in total. The van der Waals surface area contributed by atoms with Crippen LogP contribution in [0.4, 0.5) is 0 Å². The molecular weight excluding hydrogens is 382 g/mol. The second-order valence-corrected chi connectivity index (χ2v) is 9.87. The van der Waals surface area contributed by atoms with Crippen LogP contribution in [0.15, 0.2) is 18.2 Å². The molecular formula is C24H33NO5. The quantitative estimate of drug-likeness (QED) is 0.568.